The van der Waals surface area contributed by atoms with Gasteiger partial charge in [-0.1, -0.05) is 28.1 Å². The van der Waals surface area contributed by atoms with Gasteiger partial charge in [0.05, 0.1) is 0 Å². The standard InChI is InChI=1S/C15H16BrN3/c1-17-14-9-13(11-5-6-11)18-15(19-14)8-10-3-2-4-12(16)7-10/h2-4,7,9,11H,5-6,8H2,1H3,(H,17,18,19). The van der Waals surface area contributed by atoms with Crippen molar-refractivity contribution < 1.29 is 0 Å². The van der Waals surface area contributed by atoms with Gasteiger partial charge in [0.25, 0.3) is 0 Å². The van der Waals surface area contributed by atoms with E-state index >= 15 is 0 Å². The van der Waals surface area contributed by atoms with Gasteiger partial charge in [-0.3, -0.25) is 0 Å². The van der Waals surface area contributed by atoms with Crippen molar-refractivity contribution in [3.63, 3.8) is 0 Å². The fourth-order valence-corrected chi connectivity index (χ4v) is 2.59. The molecule has 1 fully saturated rings. The Morgan fingerprint density at radius 3 is 2.79 bits per heavy atom. The first-order chi connectivity index (χ1) is 9.24. The van der Waals surface area contributed by atoms with E-state index in [1.165, 1.54) is 24.1 Å². The van der Waals surface area contributed by atoms with E-state index < -0.39 is 0 Å². The number of benzene rings is 1. The molecule has 0 unspecified atom stereocenters. The predicted octanol–water partition coefficient (Wildman–Crippen LogP) is 3.75. The van der Waals surface area contributed by atoms with Crippen LogP contribution in [0.3, 0.4) is 0 Å². The molecule has 1 aromatic heterocycles. The Morgan fingerprint density at radius 1 is 1.26 bits per heavy atom. The van der Waals surface area contributed by atoms with Crippen molar-refractivity contribution >= 4 is 21.7 Å². The van der Waals surface area contributed by atoms with E-state index in [1.807, 2.05) is 19.2 Å². The molecule has 1 aliphatic rings. The molecule has 0 amide bonds. The van der Waals surface area contributed by atoms with Crippen molar-refractivity contribution in [2.45, 2.75) is 25.2 Å². The van der Waals surface area contributed by atoms with Crippen LogP contribution in [0.5, 0.6) is 0 Å². The van der Waals surface area contributed by atoms with Gasteiger partial charge in [-0.25, -0.2) is 9.97 Å². The molecule has 0 spiro atoms. The lowest BCUT2D eigenvalue weighted by molar-refractivity contribution is 0.901. The second-order valence-electron chi connectivity index (χ2n) is 4.93. The first-order valence-electron chi connectivity index (χ1n) is 6.54. The van der Waals surface area contributed by atoms with E-state index in [1.54, 1.807) is 0 Å². The Bertz CT molecular complexity index is 594. The number of aromatic nitrogens is 2. The van der Waals surface area contributed by atoms with Crippen LogP contribution in [0, 0.1) is 0 Å². The Labute approximate surface area is 121 Å². The highest BCUT2D eigenvalue weighted by Crippen LogP contribution is 2.39. The van der Waals surface area contributed by atoms with Gasteiger partial charge in [0.2, 0.25) is 0 Å². The van der Waals surface area contributed by atoms with E-state index in [2.05, 4.69) is 44.4 Å². The largest absolute Gasteiger partial charge is 0.373 e. The molecule has 19 heavy (non-hydrogen) atoms. The van der Waals surface area contributed by atoms with E-state index in [0.717, 1.165) is 22.5 Å². The number of rotatable bonds is 4. The van der Waals surface area contributed by atoms with Gasteiger partial charge in [0.1, 0.15) is 11.6 Å². The van der Waals surface area contributed by atoms with Crippen LogP contribution in [0.15, 0.2) is 34.8 Å². The van der Waals surface area contributed by atoms with Crippen LogP contribution in [0.25, 0.3) is 0 Å². The predicted molar refractivity (Wildman–Crippen MR) is 80.5 cm³/mol. The Kier molecular flexibility index (Phi) is 3.51. The zero-order chi connectivity index (χ0) is 13.2. The lowest BCUT2D eigenvalue weighted by Crippen LogP contribution is -2.04. The van der Waals surface area contributed by atoms with Gasteiger partial charge in [-0.05, 0) is 30.5 Å². The molecule has 4 heteroatoms. The Hall–Kier alpha value is -1.42. The van der Waals surface area contributed by atoms with Crippen LogP contribution in [0.2, 0.25) is 0 Å². The van der Waals surface area contributed by atoms with E-state index in [0.29, 0.717) is 5.92 Å². The molecule has 0 atom stereocenters. The molecular weight excluding hydrogens is 302 g/mol. The molecule has 1 aliphatic carbocycles. The van der Waals surface area contributed by atoms with Crippen molar-refractivity contribution in [2.24, 2.45) is 0 Å². The van der Waals surface area contributed by atoms with Gasteiger partial charge in [-0.2, -0.15) is 0 Å². The van der Waals surface area contributed by atoms with Gasteiger partial charge < -0.3 is 5.32 Å². The molecule has 98 valence electrons. The van der Waals surface area contributed by atoms with Gasteiger partial charge >= 0.3 is 0 Å². The maximum atomic E-state index is 4.70. The van der Waals surface area contributed by atoms with Crippen LogP contribution < -0.4 is 5.32 Å². The normalized spacial score (nSPS) is 14.4. The summed E-state index contributed by atoms with van der Waals surface area (Å²) in [6.45, 7) is 0. The van der Waals surface area contributed by atoms with Gasteiger partial charge in [0, 0.05) is 35.6 Å². The van der Waals surface area contributed by atoms with Crippen molar-refractivity contribution in [3.8, 4) is 0 Å². The minimum Gasteiger partial charge on any atom is -0.373 e. The summed E-state index contributed by atoms with van der Waals surface area (Å²) in [5, 5.41) is 3.13. The SMILES string of the molecule is CNc1cc(C2CC2)nc(Cc2cccc(Br)c2)n1. The summed E-state index contributed by atoms with van der Waals surface area (Å²) in [7, 11) is 1.90. The number of hydrogen-bond donors (Lipinski definition) is 1. The number of nitrogens with zero attached hydrogens (tertiary/aromatic N) is 2. The topological polar surface area (TPSA) is 37.8 Å². The summed E-state index contributed by atoms with van der Waals surface area (Å²) in [6, 6.07) is 10.4. The van der Waals surface area contributed by atoms with E-state index in [9.17, 15) is 0 Å². The smallest absolute Gasteiger partial charge is 0.135 e. The summed E-state index contributed by atoms with van der Waals surface area (Å²) in [5.41, 5.74) is 2.41. The average molecular weight is 318 g/mol. The van der Waals surface area contributed by atoms with Crippen LogP contribution in [0.1, 0.15) is 35.8 Å². The van der Waals surface area contributed by atoms with Gasteiger partial charge in [0.15, 0.2) is 0 Å². The molecule has 3 nitrogen and oxygen atoms in total. The quantitative estimate of drug-likeness (QED) is 0.933. The fourth-order valence-electron chi connectivity index (χ4n) is 2.14. The highest BCUT2D eigenvalue weighted by atomic mass is 79.9. The van der Waals surface area contributed by atoms with Crippen LogP contribution in [-0.2, 0) is 6.42 Å². The molecule has 0 bridgehead atoms. The molecule has 1 N–H and O–H groups in total. The van der Waals surface area contributed by atoms with Crippen molar-refractivity contribution in [2.75, 3.05) is 12.4 Å². The molecule has 0 aliphatic heterocycles. The third-order valence-electron chi connectivity index (χ3n) is 3.30. The lowest BCUT2D eigenvalue weighted by atomic mass is 10.1. The Balaban J connectivity index is 1.89. The van der Waals surface area contributed by atoms with Crippen molar-refractivity contribution in [1.82, 2.24) is 9.97 Å². The molecule has 2 aromatic rings. The molecule has 1 heterocycles. The first kappa shape index (κ1) is 12.6. The molecule has 0 saturated heterocycles. The molecular formula is C15H16BrN3. The molecule has 1 saturated carbocycles. The number of anilines is 1. The second-order valence-corrected chi connectivity index (χ2v) is 5.84. The van der Waals surface area contributed by atoms with E-state index in [4.69, 9.17) is 4.98 Å². The fraction of sp³-hybridized carbons (Fsp3) is 0.333. The van der Waals surface area contributed by atoms with Crippen molar-refractivity contribution in [1.29, 1.82) is 0 Å². The van der Waals surface area contributed by atoms with Crippen LogP contribution in [0.4, 0.5) is 5.82 Å². The van der Waals surface area contributed by atoms with Crippen LogP contribution in [-0.4, -0.2) is 17.0 Å². The molecule has 0 radical (unpaired) electrons. The summed E-state index contributed by atoms with van der Waals surface area (Å²) >= 11 is 3.50. The average Bonchev–Trinajstić information content (AvgIpc) is 3.22. The maximum Gasteiger partial charge on any atom is 0.135 e. The third kappa shape index (κ3) is 3.13. The summed E-state index contributed by atoms with van der Waals surface area (Å²) in [6.07, 6.45) is 3.29. The highest BCUT2D eigenvalue weighted by molar-refractivity contribution is 9.10. The second kappa shape index (κ2) is 5.29. The van der Waals surface area contributed by atoms with Crippen molar-refractivity contribution in [3.05, 3.63) is 51.9 Å². The zero-order valence-electron chi connectivity index (χ0n) is 10.9. The summed E-state index contributed by atoms with van der Waals surface area (Å²) in [5.74, 6) is 2.46. The Morgan fingerprint density at radius 2 is 2.11 bits per heavy atom. The maximum absolute atomic E-state index is 4.70. The van der Waals surface area contributed by atoms with E-state index in [-0.39, 0.29) is 0 Å². The number of nitrogens with one attached hydrogen (secondary N) is 1. The lowest BCUT2D eigenvalue weighted by Gasteiger charge is -2.07. The molecule has 1 aromatic carbocycles. The minimum absolute atomic E-state index is 0.649. The highest BCUT2D eigenvalue weighted by Gasteiger charge is 2.26. The number of halogens is 1. The first-order valence-corrected chi connectivity index (χ1v) is 7.34. The molecule has 3 rings (SSSR count). The van der Waals surface area contributed by atoms with Gasteiger partial charge in [-0.15, -0.1) is 0 Å². The monoisotopic (exact) mass is 317 g/mol. The minimum atomic E-state index is 0.649. The summed E-state index contributed by atoms with van der Waals surface area (Å²) in [4.78, 5) is 9.25. The third-order valence-corrected chi connectivity index (χ3v) is 3.79. The van der Waals surface area contributed by atoms with Crippen LogP contribution >= 0.6 is 15.9 Å². The summed E-state index contributed by atoms with van der Waals surface area (Å²) < 4.78 is 1.09. The zero-order valence-corrected chi connectivity index (χ0v) is 12.4. The number of hydrogen-bond acceptors (Lipinski definition) is 3.